The number of amides is 1. The Labute approximate surface area is 207 Å². The molecule has 11 heteroatoms. The quantitative estimate of drug-likeness (QED) is 0.556. The van der Waals surface area contributed by atoms with Crippen molar-refractivity contribution in [1.82, 2.24) is 14.9 Å². The largest absolute Gasteiger partial charge is 0.474 e. The van der Waals surface area contributed by atoms with Gasteiger partial charge in [0.1, 0.15) is 18.2 Å². The number of hydrogen-bond donors (Lipinski definition) is 0. The van der Waals surface area contributed by atoms with E-state index in [9.17, 15) is 9.00 Å². The molecule has 2 aromatic rings. The van der Waals surface area contributed by atoms with Crippen molar-refractivity contribution in [2.45, 2.75) is 52.2 Å². The molecule has 0 radical (unpaired) electrons. The summed E-state index contributed by atoms with van der Waals surface area (Å²) in [6, 6.07) is 7.72. The lowest BCUT2D eigenvalue weighted by Crippen LogP contribution is -2.42. The van der Waals surface area contributed by atoms with Gasteiger partial charge in [0.25, 0.3) is 0 Å². The lowest BCUT2D eigenvalue weighted by molar-refractivity contribution is 0.0505. The van der Waals surface area contributed by atoms with E-state index >= 15 is 0 Å². The first-order chi connectivity index (χ1) is 16.9. The molecule has 0 atom stereocenters. The molecule has 0 aliphatic carbocycles. The van der Waals surface area contributed by atoms with Crippen molar-refractivity contribution in [3.05, 3.63) is 41.7 Å². The summed E-state index contributed by atoms with van der Waals surface area (Å²) in [5.74, 6) is 1.72. The normalized spacial score (nSPS) is 21.1. The smallest absolute Gasteiger partial charge is 0.410 e. The van der Waals surface area contributed by atoms with E-state index in [4.69, 9.17) is 22.6 Å². The number of aromatic nitrogens is 2. The highest BCUT2D eigenvalue weighted by Crippen LogP contribution is 2.29. The van der Waals surface area contributed by atoms with Gasteiger partial charge in [0.05, 0.1) is 24.9 Å². The third-order valence-electron chi connectivity index (χ3n) is 5.77. The van der Waals surface area contributed by atoms with E-state index < -0.39 is 11.4 Å². The van der Waals surface area contributed by atoms with Crippen LogP contribution in [0.3, 0.4) is 0 Å². The molecule has 2 saturated heterocycles. The minimum Gasteiger partial charge on any atom is -0.474 e. The predicted octanol–water partition coefficient (Wildman–Crippen LogP) is 3.75. The Morgan fingerprint density at radius 2 is 1.77 bits per heavy atom. The van der Waals surface area contributed by atoms with Crippen LogP contribution in [0.2, 0.25) is 0 Å². The molecule has 2 fully saturated rings. The number of benzene rings is 1. The van der Waals surface area contributed by atoms with Gasteiger partial charge in [-0.1, -0.05) is 12.1 Å². The number of piperidine rings is 1. The van der Waals surface area contributed by atoms with E-state index in [2.05, 4.69) is 9.97 Å². The first-order valence-electron chi connectivity index (χ1n) is 11.8. The van der Waals surface area contributed by atoms with Crippen LogP contribution in [-0.2, 0) is 30.9 Å². The Hall–Kier alpha value is -2.76. The maximum atomic E-state index is 12.1. The molecule has 190 valence electrons. The number of rotatable bonds is 7. The van der Waals surface area contributed by atoms with Crippen LogP contribution in [0.25, 0.3) is 0 Å². The topological polar surface area (TPSA) is 109 Å². The minimum atomic E-state index is -1.62. The summed E-state index contributed by atoms with van der Waals surface area (Å²) >= 11 is -1.62. The van der Waals surface area contributed by atoms with Crippen LogP contribution in [0.1, 0.15) is 37.8 Å². The summed E-state index contributed by atoms with van der Waals surface area (Å²) < 4.78 is 38.6. The average Bonchev–Trinajstić information content (AvgIpc) is 2.84. The number of carbonyl (C=O) groups excluding carboxylic acids is 1. The second-order valence-electron chi connectivity index (χ2n) is 8.94. The molecule has 35 heavy (non-hydrogen) atoms. The van der Waals surface area contributed by atoms with Crippen LogP contribution in [0.4, 0.5) is 4.79 Å². The molecule has 1 aromatic carbocycles. The molecule has 0 bridgehead atoms. The monoisotopic (exact) mass is 505 g/mol. The van der Waals surface area contributed by atoms with Gasteiger partial charge < -0.3 is 19.1 Å². The zero-order valence-electron chi connectivity index (χ0n) is 20.2. The third kappa shape index (κ3) is 7.12. The van der Waals surface area contributed by atoms with Gasteiger partial charge in [-0.2, -0.15) is 4.21 Å². The van der Waals surface area contributed by atoms with E-state index in [0.29, 0.717) is 62.2 Å². The van der Waals surface area contributed by atoms with Crippen LogP contribution in [0.5, 0.6) is 17.5 Å². The molecule has 10 nitrogen and oxygen atoms in total. The van der Waals surface area contributed by atoms with Crippen LogP contribution in [0, 0.1) is 12.8 Å². The standard InChI is InChI=1S/C24H31N3O7S/c1-16(2)32-24(28)27-10-8-21(9-11-27)34-23-17(3)22(25-15-26-23)33-20-6-4-18(5-7-20)12-19-13-30-35(29)31-14-19/h4-7,15-16,19,21H,8-14H2,1-3H3/t19-,35+. The summed E-state index contributed by atoms with van der Waals surface area (Å²) in [6.07, 6.45) is 3.11. The third-order valence-corrected chi connectivity index (χ3v) is 6.43. The molecule has 1 amide bonds. The van der Waals surface area contributed by atoms with Gasteiger partial charge in [-0.05, 0) is 44.9 Å². The SMILES string of the molecule is Cc1c(Oc2ccc(C[C@H]3CO[S@@](=O)OC3)cc2)ncnc1OC1CCN(C(=O)OC(C)C)CC1. The maximum Gasteiger partial charge on any atom is 0.410 e. The van der Waals surface area contributed by atoms with Gasteiger partial charge >= 0.3 is 17.5 Å². The predicted molar refractivity (Wildman–Crippen MR) is 127 cm³/mol. The van der Waals surface area contributed by atoms with E-state index in [-0.39, 0.29) is 24.2 Å². The summed E-state index contributed by atoms with van der Waals surface area (Å²) in [5, 5.41) is 0. The number of ether oxygens (including phenoxy) is 3. The molecular weight excluding hydrogens is 474 g/mol. The fourth-order valence-electron chi connectivity index (χ4n) is 3.87. The highest BCUT2D eigenvalue weighted by atomic mass is 32.2. The molecule has 2 aliphatic heterocycles. The van der Waals surface area contributed by atoms with E-state index in [1.54, 1.807) is 4.90 Å². The number of hydrogen-bond acceptors (Lipinski definition) is 9. The maximum absolute atomic E-state index is 12.1. The van der Waals surface area contributed by atoms with Crippen molar-refractivity contribution in [2.24, 2.45) is 5.92 Å². The summed E-state index contributed by atoms with van der Waals surface area (Å²) in [5.41, 5.74) is 1.82. The fraction of sp³-hybridized carbons (Fsp3) is 0.542. The minimum absolute atomic E-state index is 0.0518. The van der Waals surface area contributed by atoms with Crippen molar-refractivity contribution < 1.29 is 31.6 Å². The first kappa shape index (κ1) is 25.3. The van der Waals surface area contributed by atoms with E-state index in [1.807, 2.05) is 45.0 Å². The van der Waals surface area contributed by atoms with Crippen molar-refractivity contribution in [1.29, 1.82) is 0 Å². The number of nitrogens with zero attached hydrogens (tertiary/aromatic N) is 3. The summed E-state index contributed by atoms with van der Waals surface area (Å²) in [4.78, 5) is 22.3. The lowest BCUT2D eigenvalue weighted by Gasteiger charge is -2.31. The van der Waals surface area contributed by atoms with Gasteiger partial charge in [0.2, 0.25) is 11.8 Å². The van der Waals surface area contributed by atoms with Crippen LogP contribution in [-0.4, -0.2) is 63.7 Å². The zero-order chi connectivity index (χ0) is 24.8. The van der Waals surface area contributed by atoms with E-state index in [0.717, 1.165) is 12.0 Å². The second kappa shape index (κ2) is 11.8. The summed E-state index contributed by atoms with van der Waals surface area (Å²) in [6.45, 7) is 7.52. The van der Waals surface area contributed by atoms with Crippen LogP contribution in [0.15, 0.2) is 30.6 Å². The Morgan fingerprint density at radius 1 is 1.11 bits per heavy atom. The van der Waals surface area contributed by atoms with Crippen molar-refractivity contribution in [3.8, 4) is 17.5 Å². The lowest BCUT2D eigenvalue weighted by atomic mass is 10.0. The zero-order valence-corrected chi connectivity index (χ0v) is 21.0. The van der Waals surface area contributed by atoms with Gasteiger partial charge in [0.15, 0.2) is 0 Å². The van der Waals surface area contributed by atoms with Crippen molar-refractivity contribution >= 4 is 17.5 Å². The number of likely N-dealkylation sites (tertiary alicyclic amines) is 1. The Balaban J connectivity index is 1.30. The van der Waals surface area contributed by atoms with Gasteiger partial charge in [-0.3, -0.25) is 8.37 Å². The van der Waals surface area contributed by atoms with Gasteiger partial charge in [-0.25, -0.2) is 14.8 Å². The van der Waals surface area contributed by atoms with Crippen LogP contribution < -0.4 is 9.47 Å². The van der Waals surface area contributed by atoms with Gasteiger partial charge in [0, 0.05) is 31.8 Å². The first-order valence-corrected chi connectivity index (χ1v) is 12.8. The molecule has 4 rings (SSSR count). The molecule has 3 heterocycles. The fourth-order valence-corrected chi connectivity index (χ4v) is 4.55. The summed E-state index contributed by atoms with van der Waals surface area (Å²) in [7, 11) is 0. The molecule has 0 saturated carbocycles. The Kier molecular flexibility index (Phi) is 8.53. The molecule has 1 aromatic heterocycles. The highest BCUT2D eigenvalue weighted by molar-refractivity contribution is 7.75. The number of carbonyl (C=O) groups is 1. The molecule has 2 aliphatic rings. The van der Waals surface area contributed by atoms with Gasteiger partial charge in [-0.15, -0.1) is 0 Å². The highest BCUT2D eigenvalue weighted by Gasteiger charge is 2.26. The Morgan fingerprint density at radius 3 is 2.43 bits per heavy atom. The van der Waals surface area contributed by atoms with Crippen LogP contribution >= 0.6 is 0 Å². The molecule has 0 spiro atoms. The van der Waals surface area contributed by atoms with Crippen molar-refractivity contribution in [3.63, 3.8) is 0 Å². The Bertz CT molecular complexity index is 1020. The molecule has 0 N–H and O–H groups in total. The van der Waals surface area contributed by atoms with E-state index in [1.165, 1.54) is 6.33 Å². The van der Waals surface area contributed by atoms with Crippen molar-refractivity contribution in [2.75, 3.05) is 26.3 Å². The molecule has 0 unspecified atom stereocenters. The second-order valence-corrected chi connectivity index (χ2v) is 9.81. The molecular formula is C24H31N3O7S. The average molecular weight is 506 g/mol.